The first-order valence-electron chi connectivity index (χ1n) is 12.1. The maximum atomic E-state index is 6.56. The van der Waals surface area contributed by atoms with Crippen LogP contribution >= 0.6 is 34.8 Å². The van der Waals surface area contributed by atoms with Crippen LogP contribution in [0.5, 0.6) is 17.6 Å². The van der Waals surface area contributed by atoms with Gasteiger partial charge in [0.05, 0.1) is 27.5 Å². The second-order valence-electron chi connectivity index (χ2n) is 9.30. The van der Waals surface area contributed by atoms with Gasteiger partial charge >= 0.3 is 6.01 Å². The minimum atomic E-state index is -0.240. The van der Waals surface area contributed by atoms with Crippen LogP contribution in [0.2, 0.25) is 15.2 Å². The molecule has 14 heteroatoms. The molecule has 2 N–H and O–H groups in total. The van der Waals surface area contributed by atoms with E-state index < -0.39 is 0 Å². The Kier molecular flexibility index (Phi) is 7.06. The summed E-state index contributed by atoms with van der Waals surface area (Å²) in [5.41, 5.74) is 1.10. The molecule has 0 bridgehead atoms. The van der Waals surface area contributed by atoms with Crippen LogP contribution in [-0.4, -0.2) is 95.7 Å². The molecule has 11 nitrogen and oxygen atoms in total. The van der Waals surface area contributed by atoms with Crippen LogP contribution in [0.25, 0.3) is 21.8 Å². The van der Waals surface area contributed by atoms with Gasteiger partial charge in [-0.2, -0.15) is 20.1 Å². The normalized spacial score (nSPS) is 20.5. The first kappa shape index (κ1) is 25.6. The summed E-state index contributed by atoms with van der Waals surface area (Å²) in [5, 5.41) is 12.4. The van der Waals surface area contributed by atoms with Gasteiger partial charge in [-0.05, 0) is 19.2 Å². The highest BCUT2D eigenvalue weighted by molar-refractivity contribution is 6.44. The quantitative estimate of drug-likeness (QED) is 0.327. The third-order valence-electron chi connectivity index (χ3n) is 6.75. The van der Waals surface area contributed by atoms with Gasteiger partial charge in [0, 0.05) is 46.4 Å². The van der Waals surface area contributed by atoms with E-state index in [0.29, 0.717) is 44.9 Å². The fraction of sp³-hybridized carbons (Fsp3) is 0.417. The number of aromatic amines is 1. The maximum Gasteiger partial charge on any atom is 0.319 e. The zero-order valence-electron chi connectivity index (χ0n) is 20.7. The highest BCUT2D eigenvalue weighted by Gasteiger charge is 2.34. The van der Waals surface area contributed by atoms with Crippen molar-refractivity contribution in [1.29, 1.82) is 0 Å². The molecular formula is C24H25Cl3N8O3. The molecule has 4 aromatic rings. The van der Waals surface area contributed by atoms with Gasteiger partial charge in [0.2, 0.25) is 5.88 Å². The minimum Gasteiger partial charge on any atom is -0.456 e. The molecule has 200 valence electrons. The van der Waals surface area contributed by atoms with Crippen molar-refractivity contribution in [3.8, 4) is 17.6 Å². The molecule has 5 heterocycles. The van der Waals surface area contributed by atoms with Gasteiger partial charge in [-0.15, -0.1) is 0 Å². The smallest absolute Gasteiger partial charge is 0.319 e. The van der Waals surface area contributed by atoms with Gasteiger partial charge in [0.25, 0.3) is 0 Å². The Morgan fingerprint density at radius 3 is 2.58 bits per heavy atom. The fourth-order valence-corrected chi connectivity index (χ4v) is 5.45. The molecule has 0 aliphatic carbocycles. The van der Waals surface area contributed by atoms with Crippen LogP contribution in [0.15, 0.2) is 18.3 Å². The lowest BCUT2D eigenvalue weighted by molar-refractivity contribution is 0.0300. The number of anilines is 1. The molecule has 0 spiro atoms. The number of fused-ring (bicyclic) bond motifs is 2. The number of pyridine rings is 1. The number of H-pyrrole nitrogens is 1. The summed E-state index contributed by atoms with van der Waals surface area (Å²) in [6, 6.07) is 3.62. The molecule has 2 saturated heterocycles. The van der Waals surface area contributed by atoms with Crippen LogP contribution in [-0.2, 0) is 4.74 Å². The molecule has 2 fully saturated rings. The summed E-state index contributed by atoms with van der Waals surface area (Å²) in [6.45, 7) is 4.58. The van der Waals surface area contributed by atoms with E-state index in [0.717, 1.165) is 32.7 Å². The number of nitrogens with zero attached hydrogens (tertiary/aromatic N) is 6. The molecule has 0 saturated carbocycles. The van der Waals surface area contributed by atoms with Crippen molar-refractivity contribution >= 4 is 62.4 Å². The number of aromatic nitrogens is 5. The third-order valence-corrected chi connectivity index (χ3v) is 7.71. The van der Waals surface area contributed by atoms with Crippen molar-refractivity contribution in [2.24, 2.45) is 0 Å². The van der Waals surface area contributed by atoms with Gasteiger partial charge in [0.15, 0.2) is 5.75 Å². The fourth-order valence-electron chi connectivity index (χ4n) is 4.88. The number of likely N-dealkylation sites (N-methyl/N-ethyl adjacent to an activating group) is 1. The van der Waals surface area contributed by atoms with Gasteiger partial charge in [0.1, 0.15) is 33.7 Å². The molecular weight excluding hydrogens is 555 g/mol. The van der Waals surface area contributed by atoms with Crippen molar-refractivity contribution in [3.05, 3.63) is 33.5 Å². The standard InChI is InChI=1S/C24H25Cl3N8O3/c1-34-10-16(36-2)17(11-34)37-24-31-20-12(22(32-24)35-5-3-28-4-6-35)7-18(26)30-23(20)38-21-13-9-29-33-15(13)8-14(25)19(21)27/h7-9,16-17,28H,3-6,10-11H2,1-2H3,(H,29,33)/t16-,17-/m1/s1. The number of piperazine rings is 1. The minimum absolute atomic E-state index is 0.111. The summed E-state index contributed by atoms with van der Waals surface area (Å²) in [4.78, 5) is 18.4. The van der Waals surface area contributed by atoms with Crippen LogP contribution in [0.3, 0.4) is 0 Å². The molecule has 6 rings (SSSR count). The summed E-state index contributed by atoms with van der Waals surface area (Å²) in [7, 11) is 3.70. The van der Waals surface area contributed by atoms with Crippen molar-refractivity contribution < 1.29 is 14.2 Å². The SMILES string of the molecule is CO[C@@H]1CN(C)C[C@H]1Oc1nc(N2CCNCC2)c2cc(Cl)nc(Oc3c(Cl)c(Cl)cc4[nH]ncc34)c2n1. The third kappa shape index (κ3) is 4.78. The molecule has 3 aromatic heterocycles. The number of hydrogen-bond donors (Lipinski definition) is 2. The average Bonchev–Trinajstić information content (AvgIpc) is 3.52. The van der Waals surface area contributed by atoms with Crippen molar-refractivity contribution in [3.63, 3.8) is 0 Å². The van der Waals surface area contributed by atoms with Crippen LogP contribution in [0.1, 0.15) is 0 Å². The summed E-state index contributed by atoms with van der Waals surface area (Å²) < 4.78 is 18.3. The molecule has 0 amide bonds. The predicted octanol–water partition coefficient (Wildman–Crippen LogP) is 3.77. The molecule has 38 heavy (non-hydrogen) atoms. The predicted molar refractivity (Wildman–Crippen MR) is 146 cm³/mol. The summed E-state index contributed by atoms with van der Waals surface area (Å²) in [5.74, 6) is 1.13. The molecule has 2 aliphatic rings. The van der Waals surface area contributed by atoms with E-state index in [1.54, 1.807) is 25.4 Å². The van der Waals surface area contributed by atoms with Crippen LogP contribution < -0.4 is 19.7 Å². The van der Waals surface area contributed by atoms with Gasteiger partial charge in [-0.25, -0.2) is 0 Å². The maximum absolute atomic E-state index is 6.56. The van der Waals surface area contributed by atoms with Crippen LogP contribution in [0.4, 0.5) is 5.82 Å². The van der Waals surface area contributed by atoms with Crippen molar-refractivity contribution in [2.75, 3.05) is 58.3 Å². The Balaban J connectivity index is 1.50. The summed E-state index contributed by atoms with van der Waals surface area (Å²) in [6.07, 6.45) is 1.26. The second-order valence-corrected chi connectivity index (χ2v) is 10.5. The molecule has 2 atom stereocenters. The number of rotatable bonds is 6. The lowest BCUT2D eigenvalue weighted by Crippen LogP contribution is -2.44. The average molecular weight is 580 g/mol. The highest BCUT2D eigenvalue weighted by atomic mass is 35.5. The van der Waals surface area contributed by atoms with Gasteiger partial charge in [-0.1, -0.05) is 34.8 Å². The molecule has 1 aromatic carbocycles. The van der Waals surface area contributed by atoms with E-state index in [2.05, 4.69) is 30.3 Å². The van der Waals surface area contributed by atoms with E-state index in [9.17, 15) is 0 Å². The highest BCUT2D eigenvalue weighted by Crippen LogP contribution is 2.43. The second kappa shape index (κ2) is 10.5. The van der Waals surface area contributed by atoms with E-state index >= 15 is 0 Å². The first-order chi connectivity index (χ1) is 18.4. The molecule has 2 aliphatic heterocycles. The van der Waals surface area contributed by atoms with Crippen molar-refractivity contribution in [1.82, 2.24) is 35.4 Å². The van der Waals surface area contributed by atoms with Crippen molar-refractivity contribution in [2.45, 2.75) is 12.2 Å². The Morgan fingerprint density at radius 2 is 1.79 bits per heavy atom. The van der Waals surface area contributed by atoms with E-state index in [4.69, 9.17) is 59.0 Å². The number of ether oxygens (including phenoxy) is 3. The van der Waals surface area contributed by atoms with E-state index in [1.807, 2.05) is 7.05 Å². The first-order valence-corrected chi connectivity index (χ1v) is 13.3. The largest absolute Gasteiger partial charge is 0.456 e. The molecule has 0 radical (unpaired) electrons. The topological polar surface area (TPSA) is 114 Å². The number of likely N-dealkylation sites (tertiary alicyclic amines) is 1. The number of halogens is 3. The Labute approximate surface area is 233 Å². The van der Waals surface area contributed by atoms with Crippen LogP contribution in [0, 0.1) is 0 Å². The number of hydrogen-bond acceptors (Lipinski definition) is 10. The Morgan fingerprint density at radius 1 is 1.00 bits per heavy atom. The molecule has 0 unspecified atom stereocenters. The van der Waals surface area contributed by atoms with Gasteiger partial charge < -0.3 is 24.4 Å². The zero-order chi connectivity index (χ0) is 26.4. The number of nitrogens with one attached hydrogen (secondary N) is 2. The Hall–Kier alpha value is -2.67. The van der Waals surface area contributed by atoms with Gasteiger partial charge in [-0.3, -0.25) is 10.00 Å². The zero-order valence-corrected chi connectivity index (χ0v) is 22.9. The summed E-state index contributed by atoms with van der Waals surface area (Å²) >= 11 is 19.4. The monoisotopic (exact) mass is 578 g/mol. The number of benzene rings is 1. The number of methoxy groups -OCH3 is 1. The lowest BCUT2D eigenvalue weighted by Gasteiger charge is -2.29. The Bertz CT molecular complexity index is 1500. The lowest BCUT2D eigenvalue weighted by atomic mass is 10.2. The van der Waals surface area contributed by atoms with E-state index in [-0.39, 0.29) is 34.3 Å². The van der Waals surface area contributed by atoms with E-state index in [1.165, 1.54) is 0 Å².